The van der Waals surface area contributed by atoms with E-state index in [0.717, 1.165) is 18.7 Å². The van der Waals surface area contributed by atoms with Crippen LogP contribution in [0.2, 0.25) is 0 Å². The van der Waals surface area contributed by atoms with Gasteiger partial charge in [-0.15, -0.1) is 0 Å². The lowest BCUT2D eigenvalue weighted by atomic mass is 10.1. The van der Waals surface area contributed by atoms with E-state index in [0.29, 0.717) is 31.0 Å². The van der Waals surface area contributed by atoms with Crippen LogP contribution in [0.1, 0.15) is 17.2 Å². The van der Waals surface area contributed by atoms with Crippen molar-refractivity contribution in [3.05, 3.63) is 59.7 Å². The molecule has 148 valence electrons. The maximum Gasteiger partial charge on any atom is 0.241 e. The lowest BCUT2D eigenvalue weighted by Gasteiger charge is -2.28. The standard InChI is InChI=1S/C20H23N3O4S/c24-20-13-16-12-17(6-7-18(16)21-20)28(25,26)22-19(15-4-2-1-3-5-15)14-23-8-10-27-11-9-23/h1-7,12,19,22H,8-11,13-14H2,(H,21,24)/p+1/t19-/m0/s1. The molecule has 1 amide bonds. The van der Waals surface area contributed by atoms with Crippen LogP contribution in [0, 0.1) is 0 Å². The Kier molecular flexibility index (Phi) is 5.45. The number of nitrogens with one attached hydrogen (secondary N) is 3. The number of anilines is 1. The van der Waals surface area contributed by atoms with Gasteiger partial charge in [-0.2, -0.15) is 4.72 Å². The van der Waals surface area contributed by atoms with Gasteiger partial charge in [0.15, 0.2) is 0 Å². The Balaban J connectivity index is 1.58. The van der Waals surface area contributed by atoms with Crippen LogP contribution >= 0.6 is 0 Å². The molecule has 7 nitrogen and oxygen atoms in total. The maximum atomic E-state index is 13.1. The van der Waals surface area contributed by atoms with E-state index in [1.54, 1.807) is 12.1 Å². The molecule has 2 aromatic carbocycles. The molecule has 3 N–H and O–H groups in total. The summed E-state index contributed by atoms with van der Waals surface area (Å²) in [6.45, 7) is 3.75. The summed E-state index contributed by atoms with van der Waals surface area (Å²) in [6, 6.07) is 14.1. The van der Waals surface area contributed by atoms with Gasteiger partial charge in [-0.1, -0.05) is 30.3 Å². The Morgan fingerprint density at radius 2 is 1.86 bits per heavy atom. The van der Waals surface area contributed by atoms with Crippen LogP contribution in [0.15, 0.2) is 53.4 Å². The molecule has 1 atom stereocenters. The van der Waals surface area contributed by atoms with Gasteiger partial charge in [0, 0.05) is 5.69 Å². The van der Waals surface area contributed by atoms with Gasteiger partial charge in [0.1, 0.15) is 13.1 Å². The molecule has 2 aromatic rings. The van der Waals surface area contributed by atoms with Crippen molar-refractivity contribution < 1.29 is 22.8 Å². The fraction of sp³-hybridized carbons (Fsp3) is 0.350. The molecule has 0 bridgehead atoms. The molecule has 0 saturated carbocycles. The lowest BCUT2D eigenvalue weighted by Crippen LogP contribution is -3.14. The first-order valence-corrected chi connectivity index (χ1v) is 10.9. The molecule has 0 unspecified atom stereocenters. The van der Waals surface area contributed by atoms with E-state index >= 15 is 0 Å². The molecule has 8 heteroatoms. The monoisotopic (exact) mass is 402 g/mol. The Morgan fingerprint density at radius 3 is 2.61 bits per heavy atom. The fourth-order valence-corrected chi connectivity index (χ4v) is 4.97. The smallest absolute Gasteiger partial charge is 0.241 e. The minimum atomic E-state index is -3.73. The Labute approximate surface area is 164 Å². The van der Waals surface area contributed by atoms with E-state index in [2.05, 4.69) is 10.0 Å². The number of benzene rings is 2. The summed E-state index contributed by atoms with van der Waals surface area (Å²) in [7, 11) is -3.73. The number of fused-ring (bicyclic) bond motifs is 1. The molecule has 0 aromatic heterocycles. The van der Waals surface area contributed by atoms with Gasteiger partial charge in [0.25, 0.3) is 0 Å². The van der Waals surface area contributed by atoms with Crippen molar-refractivity contribution in [1.29, 1.82) is 0 Å². The lowest BCUT2D eigenvalue weighted by molar-refractivity contribution is -0.909. The molecule has 4 rings (SSSR count). The van der Waals surface area contributed by atoms with Crippen LogP contribution in [-0.2, 0) is 26.0 Å². The van der Waals surface area contributed by atoms with Gasteiger partial charge >= 0.3 is 0 Å². The van der Waals surface area contributed by atoms with Gasteiger partial charge in [-0.05, 0) is 29.3 Å². The van der Waals surface area contributed by atoms with Gasteiger partial charge in [-0.25, -0.2) is 8.42 Å². The minimum absolute atomic E-state index is 0.115. The van der Waals surface area contributed by atoms with E-state index < -0.39 is 10.0 Å². The van der Waals surface area contributed by atoms with Crippen molar-refractivity contribution in [2.45, 2.75) is 17.4 Å². The van der Waals surface area contributed by atoms with E-state index in [1.165, 1.54) is 11.0 Å². The summed E-state index contributed by atoms with van der Waals surface area (Å²) >= 11 is 0. The van der Waals surface area contributed by atoms with Crippen LogP contribution in [0.25, 0.3) is 0 Å². The quantitative estimate of drug-likeness (QED) is 0.640. The predicted molar refractivity (Wildman–Crippen MR) is 105 cm³/mol. The number of amides is 1. The number of quaternary nitrogens is 1. The SMILES string of the molecule is O=C1Cc2cc(S(=O)(=O)N[C@@H](C[NH+]3CCOCC3)c3ccccc3)ccc2N1. The van der Waals surface area contributed by atoms with Crippen LogP contribution < -0.4 is 14.9 Å². The highest BCUT2D eigenvalue weighted by molar-refractivity contribution is 7.89. The van der Waals surface area contributed by atoms with Crippen LogP contribution in [0.3, 0.4) is 0 Å². The summed E-state index contributed by atoms with van der Waals surface area (Å²) in [6.07, 6.45) is 0.207. The van der Waals surface area contributed by atoms with E-state index in [9.17, 15) is 13.2 Å². The summed E-state index contributed by atoms with van der Waals surface area (Å²) in [5, 5.41) is 2.73. The summed E-state index contributed by atoms with van der Waals surface area (Å²) in [5.74, 6) is -0.115. The second kappa shape index (κ2) is 8.00. The predicted octanol–water partition coefficient (Wildman–Crippen LogP) is 0.116. The third-order valence-corrected chi connectivity index (χ3v) is 6.67. The third kappa shape index (κ3) is 4.25. The molecule has 0 aliphatic carbocycles. The zero-order valence-corrected chi connectivity index (χ0v) is 16.3. The number of rotatable bonds is 6. The maximum absolute atomic E-state index is 13.1. The van der Waals surface area contributed by atoms with Crippen molar-refractivity contribution in [2.75, 3.05) is 38.2 Å². The average Bonchev–Trinajstić information content (AvgIpc) is 3.08. The Hall–Kier alpha value is -2.26. The number of hydrogen-bond acceptors (Lipinski definition) is 4. The second-order valence-electron chi connectivity index (χ2n) is 7.19. The largest absolute Gasteiger partial charge is 0.370 e. The number of carbonyl (C=O) groups is 1. The normalized spacial score (nSPS) is 18.5. The minimum Gasteiger partial charge on any atom is -0.370 e. The first-order chi connectivity index (χ1) is 13.5. The van der Waals surface area contributed by atoms with Crippen LogP contribution in [0.5, 0.6) is 0 Å². The van der Waals surface area contributed by atoms with Crippen molar-refractivity contribution in [3.63, 3.8) is 0 Å². The van der Waals surface area contributed by atoms with Gasteiger partial charge in [0.2, 0.25) is 15.9 Å². The number of morpholine rings is 1. The van der Waals surface area contributed by atoms with E-state index in [1.807, 2.05) is 30.3 Å². The molecular weight excluding hydrogens is 378 g/mol. The number of hydrogen-bond donors (Lipinski definition) is 3. The van der Waals surface area contributed by atoms with Crippen LogP contribution in [-0.4, -0.2) is 47.2 Å². The zero-order chi connectivity index (χ0) is 19.6. The number of carbonyl (C=O) groups excluding carboxylic acids is 1. The molecule has 1 fully saturated rings. The highest BCUT2D eigenvalue weighted by atomic mass is 32.2. The molecule has 2 heterocycles. The molecule has 1 saturated heterocycles. The Bertz CT molecular complexity index is 957. The number of sulfonamides is 1. The molecule has 0 radical (unpaired) electrons. The average molecular weight is 402 g/mol. The zero-order valence-electron chi connectivity index (χ0n) is 15.5. The fourth-order valence-electron chi connectivity index (χ4n) is 3.69. The highest BCUT2D eigenvalue weighted by Gasteiger charge is 2.28. The van der Waals surface area contributed by atoms with Gasteiger partial charge in [-0.3, -0.25) is 4.79 Å². The van der Waals surface area contributed by atoms with Crippen molar-refractivity contribution in [2.24, 2.45) is 0 Å². The van der Waals surface area contributed by atoms with Crippen LogP contribution in [0.4, 0.5) is 5.69 Å². The van der Waals surface area contributed by atoms with E-state index in [-0.39, 0.29) is 23.3 Å². The van der Waals surface area contributed by atoms with E-state index in [4.69, 9.17) is 4.74 Å². The molecule has 28 heavy (non-hydrogen) atoms. The molecule has 2 aliphatic rings. The van der Waals surface area contributed by atoms with Crippen molar-refractivity contribution in [3.8, 4) is 0 Å². The van der Waals surface area contributed by atoms with Crippen molar-refractivity contribution in [1.82, 2.24) is 4.72 Å². The third-order valence-electron chi connectivity index (χ3n) is 5.20. The topological polar surface area (TPSA) is 88.9 Å². The molecular formula is C20H24N3O4S+. The first-order valence-electron chi connectivity index (χ1n) is 9.43. The summed E-state index contributed by atoms with van der Waals surface area (Å²) in [5.41, 5.74) is 2.33. The van der Waals surface area contributed by atoms with Gasteiger partial charge in [0.05, 0.1) is 37.1 Å². The van der Waals surface area contributed by atoms with Crippen molar-refractivity contribution >= 4 is 21.6 Å². The summed E-state index contributed by atoms with van der Waals surface area (Å²) < 4.78 is 34.5. The molecule has 2 aliphatic heterocycles. The Morgan fingerprint density at radius 1 is 1.11 bits per heavy atom. The highest BCUT2D eigenvalue weighted by Crippen LogP contribution is 2.26. The second-order valence-corrected chi connectivity index (χ2v) is 8.91. The number of ether oxygens (including phenoxy) is 1. The van der Waals surface area contributed by atoms with Gasteiger partial charge < -0.3 is 15.0 Å². The summed E-state index contributed by atoms with van der Waals surface area (Å²) in [4.78, 5) is 13.0. The molecule has 0 spiro atoms. The first kappa shape index (κ1) is 19.1.